The van der Waals surface area contributed by atoms with Gasteiger partial charge in [-0.3, -0.25) is 0 Å². The maximum absolute atomic E-state index is 13.8. The molecule has 0 saturated carbocycles. The third-order valence-electron chi connectivity index (χ3n) is 2.85. The predicted octanol–water partition coefficient (Wildman–Crippen LogP) is 3.88. The van der Waals surface area contributed by atoms with Crippen molar-refractivity contribution in [1.29, 1.82) is 0 Å². The summed E-state index contributed by atoms with van der Waals surface area (Å²) in [6, 6.07) is 7.54. The van der Waals surface area contributed by atoms with E-state index >= 15 is 0 Å². The molecule has 0 atom stereocenters. The molecule has 2 rings (SSSR count). The summed E-state index contributed by atoms with van der Waals surface area (Å²) in [5, 5.41) is 3.07. The summed E-state index contributed by atoms with van der Waals surface area (Å²) in [5.41, 5.74) is 1.49. The van der Waals surface area contributed by atoms with Gasteiger partial charge < -0.3 is 5.32 Å². The summed E-state index contributed by atoms with van der Waals surface area (Å²) in [6.45, 7) is 3.08. The summed E-state index contributed by atoms with van der Waals surface area (Å²) in [7, 11) is 0. The molecule has 4 heteroatoms. The molecule has 1 N–H and O–H groups in total. The van der Waals surface area contributed by atoms with E-state index in [0.29, 0.717) is 17.7 Å². The summed E-state index contributed by atoms with van der Waals surface area (Å²) in [5.74, 6) is -1.65. The quantitative estimate of drug-likeness (QED) is 0.884. The van der Waals surface area contributed by atoms with Crippen molar-refractivity contribution in [1.82, 2.24) is 5.32 Å². The van der Waals surface area contributed by atoms with Crippen LogP contribution in [0, 0.1) is 17.5 Å². The van der Waals surface area contributed by atoms with Crippen LogP contribution in [-0.2, 0) is 6.54 Å². The molecule has 0 aliphatic carbocycles. The van der Waals surface area contributed by atoms with Gasteiger partial charge in [0.2, 0.25) is 0 Å². The number of nitrogens with one attached hydrogen (secondary N) is 1. The third kappa shape index (κ3) is 3.15. The Kier molecular flexibility index (Phi) is 4.22. The normalized spacial score (nSPS) is 10.7. The van der Waals surface area contributed by atoms with Crippen LogP contribution in [-0.4, -0.2) is 6.54 Å². The van der Waals surface area contributed by atoms with Gasteiger partial charge in [0, 0.05) is 18.2 Å². The lowest BCUT2D eigenvalue weighted by molar-refractivity contribution is 0.585. The molecular formula is C15H14F3N. The molecule has 0 amide bonds. The predicted molar refractivity (Wildman–Crippen MR) is 69.1 cm³/mol. The SMILES string of the molecule is CCNCc1cc(F)ccc1-c1ccc(F)cc1F. The Hall–Kier alpha value is -1.81. The maximum Gasteiger partial charge on any atom is 0.133 e. The highest BCUT2D eigenvalue weighted by Crippen LogP contribution is 2.27. The number of hydrogen-bond donors (Lipinski definition) is 1. The van der Waals surface area contributed by atoms with Crippen molar-refractivity contribution in [3.63, 3.8) is 0 Å². The van der Waals surface area contributed by atoms with Crippen LogP contribution in [0.5, 0.6) is 0 Å². The first kappa shape index (κ1) is 13.6. The standard InChI is InChI=1S/C15H14F3N/c1-2-19-9-10-7-11(16)3-5-13(10)14-6-4-12(17)8-15(14)18/h3-8,19H,2,9H2,1H3. The minimum absolute atomic E-state index is 0.273. The van der Waals surface area contributed by atoms with Gasteiger partial charge in [-0.1, -0.05) is 13.0 Å². The lowest BCUT2D eigenvalue weighted by Gasteiger charge is -2.11. The first-order valence-electron chi connectivity index (χ1n) is 6.06. The topological polar surface area (TPSA) is 12.0 Å². The van der Waals surface area contributed by atoms with Gasteiger partial charge in [0.25, 0.3) is 0 Å². The zero-order valence-electron chi connectivity index (χ0n) is 10.5. The van der Waals surface area contributed by atoms with Gasteiger partial charge in [-0.25, -0.2) is 13.2 Å². The monoisotopic (exact) mass is 265 g/mol. The molecule has 0 fully saturated rings. The van der Waals surface area contributed by atoms with E-state index in [-0.39, 0.29) is 11.4 Å². The van der Waals surface area contributed by atoms with Gasteiger partial charge in [0.05, 0.1) is 0 Å². The second kappa shape index (κ2) is 5.89. The third-order valence-corrected chi connectivity index (χ3v) is 2.85. The minimum Gasteiger partial charge on any atom is -0.313 e. The van der Waals surface area contributed by atoms with Crippen molar-refractivity contribution in [2.24, 2.45) is 0 Å². The minimum atomic E-state index is -0.649. The van der Waals surface area contributed by atoms with E-state index in [9.17, 15) is 13.2 Å². The first-order chi connectivity index (χ1) is 9.11. The van der Waals surface area contributed by atoms with Gasteiger partial charge in [0.1, 0.15) is 17.5 Å². The van der Waals surface area contributed by atoms with E-state index in [1.165, 1.54) is 30.3 Å². The van der Waals surface area contributed by atoms with Gasteiger partial charge >= 0.3 is 0 Å². The van der Waals surface area contributed by atoms with Crippen LogP contribution < -0.4 is 5.32 Å². The Morgan fingerprint density at radius 3 is 2.16 bits per heavy atom. The van der Waals surface area contributed by atoms with Crippen molar-refractivity contribution in [2.45, 2.75) is 13.5 Å². The molecule has 0 aliphatic rings. The Labute approximate surface area is 110 Å². The number of hydrogen-bond acceptors (Lipinski definition) is 1. The summed E-state index contributed by atoms with van der Waals surface area (Å²) < 4.78 is 40.0. The van der Waals surface area contributed by atoms with E-state index in [1.807, 2.05) is 6.92 Å². The van der Waals surface area contributed by atoms with E-state index in [2.05, 4.69) is 5.32 Å². The molecule has 0 saturated heterocycles. The van der Waals surface area contributed by atoms with Crippen LogP contribution in [0.25, 0.3) is 11.1 Å². The lowest BCUT2D eigenvalue weighted by Crippen LogP contribution is -2.13. The zero-order valence-corrected chi connectivity index (χ0v) is 10.5. The fraction of sp³-hybridized carbons (Fsp3) is 0.200. The van der Waals surface area contributed by atoms with E-state index < -0.39 is 11.6 Å². The number of rotatable bonds is 4. The van der Waals surface area contributed by atoms with Crippen LogP contribution in [0.2, 0.25) is 0 Å². The molecule has 0 heterocycles. The Morgan fingerprint density at radius 1 is 0.895 bits per heavy atom. The smallest absolute Gasteiger partial charge is 0.133 e. The molecule has 0 aromatic heterocycles. The van der Waals surface area contributed by atoms with Crippen molar-refractivity contribution in [3.8, 4) is 11.1 Å². The molecule has 0 bridgehead atoms. The highest BCUT2D eigenvalue weighted by Gasteiger charge is 2.11. The van der Waals surface area contributed by atoms with Crippen LogP contribution in [0.15, 0.2) is 36.4 Å². The van der Waals surface area contributed by atoms with Gasteiger partial charge in [-0.15, -0.1) is 0 Å². The summed E-state index contributed by atoms with van der Waals surface area (Å²) in [6.07, 6.45) is 0. The van der Waals surface area contributed by atoms with Gasteiger partial charge in [-0.2, -0.15) is 0 Å². The molecule has 1 nitrogen and oxygen atoms in total. The fourth-order valence-corrected chi connectivity index (χ4v) is 1.94. The maximum atomic E-state index is 13.8. The molecule has 2 aromatic rings. The molecule has 0 radical (unpaired) electrons. The van der Waals surface area contributed by atoms with Gasteiger partial charge in [0.15, 0.2) is 0 Å². The molecule has 0 aliphatic heterocycles. The Balaban J connectivity index is 2.48. The highest BCUT2D eigenvalue weighted by atomic mass is 19.1. The van der Waals surface area contributed by atoms with Crippen molar-refractivity contribution in [3.05, 3.63) is 59.4 Å². The van der Waals surface area contributed by atoms with Gasteiger partial charge in [-0.05, 0) is 41.9 Å². The molecule has 2 aromatic carbocycles. The van der Waals surface area contributed by atoms with E-state index in [1.54, 1.807) is 0 Å². The average Bonchev–Trinajstić information content (AvgIpc) is 2.37. The number of benzene rings is 2. The first-order valence-corrected chi connectivity index (χ1v) is 6.06. The van der Waals surface area contributed by atoms with Crippen LogP contribution in [0.1, 0.15) is 12.5 Å². The number of halogens is 3. The summed E-state index contributed by atoms with van der Waals surface area (Å²) in [4.78, 5) is 0. The lowest BCUT2D eigenvalue weighted by atomic mass is 9.99. The average molecular weight is 265 g/mol. The highest BCUT2D eigenvalue weighted by molar-refractivity contribution is 5.68. The molecular weight excluding hydrogens is 251 g/mol. The Bertz CT molecular complexity index is 582. The molecule has 100 valence electrons. The largest absolute Gasteiger partial charge is 0.313 e. The summed E-state index contributed by atoms with van der Waals surface area (Å²) >= 11 is 0. The Morgan fingerprint density at radius 2 is 1.53 bits per heavy atom. The second-order valence-electron chi connectivity index (χ2n) is 4.21. The fourth-order valence-electron chi connectivity index (χ4n) is 1.94. The molecule has 0 unspecified atom stereocenters. The van der Waals surface area contributed by atoms with Crippen LogP contribution >= 0.6 is 0 Å². The van der Waals surface area contributed by atoms with Crippen LogP contribution in [0.3, 0.4) is 0 Å². The van der Waals surface area contributed by atoms with Crippen LogP contribution in [0.4, 0.5) is 13.2 Å². The second-order valence-corrected chi connectivity index (χ2v) is 4.21. The van der Waals surface area contributed by atoms with E-state index in [0.717, 1.165) is 12.6 Å². The van der Waals surface area contributed by atoms with Crippen molar-refractivity contribution < 1.29 is 13.2 Å². The van der Waals surface area contributed by atoms with Crippen molar-refractivity contribution in [2.75, 3.05) is 6.54 Å². The van der Waals surface area contributed by atoms with Crippen molar-refractivity contribution >= 4 is 0 Å². The van der Waals surface area contributed by atoms with E-state index in [4.69, 9.17) is 0 Å². The molecule has 19 heavy (non-hydrogen) atoms. The zero-order chi connectivity index (χ0) is 13.8. The molecule has 0 spiro atoms.